The summed E-state index contributed by atoms with van der Waals surface area (Å²) in [4.78, 5) is 12.3. The Kier molecular flexibility index (Phi) is 5.39. The second kappa shape index (κ2) is 7.16. The number of methoxy groups -OCH3 is 1. The standard InChI is InChI=1S/C16H16F2N2O4S/c1-9-12(17)5-6-13(15(9)18)20-16(21)11-8-10(25(22,23)19-2)4-7-14(11)24-3/h4-8,19H,1-3H3,(H,20,21). The predicted octanol–water partition coefficient (Wildman–Crippen LogP) is 2.44. The first-order chi connectivity index (χ1) is 11.7. The van der Waals surface area contributed by atoms with Gasteiger partial charge in [-0.05, 0) is 44.3 Å². The van der Waals surface area contributed by atoms with E-state index >= 15 is 0 Å². The van der Waals surface area contributed by atoms with Gasteiger partial charge in [-0.3, -0.25) is 4.79 Å². The molecule has 9 heteroatoms. The molecule has 0 aliphatic carbocycles. The molecule has 2 N–H and O–H groups in total. The minimum Gasteiger partial charge on any atom is -0.496 e. The first kappa shape index (κ1) is 18.8. The normalized spacial score (nSPS) is 11.2. The van der Waals surface area contributed by atoms with E-state index in [9.17, 15) is 22.0 Å². The lowest BCUT2D eigenvalue weighted by atomic mass is 10.1. The number of carbonyl (C=O) groups excluding carboxylic acids is 1. The van der Waals surface area contributed by atoms with Gasteiger partial charge in [0.1, 0.15) is 11.6 Å². The lowest BCUT2D eigenvalue weighted by Crippen LogP contribution is -2.20. The highest BCUT2D eigenvalue weighted by atomic mass is 32.2. The summed E-state index contributed by atoms with van der Waals surface area (Å²) < 4.78 is 58.3. The molecule has 6 nitrogen and oxygen atoms in total. The molecule has 0 spiro atoms. The minimum absolute atomic E-state index is 0.104. The number of rotatable bonds is 5. The Balaban J connectivity index is 2.45. The molecule has 0 heterocycles. The second-order valence-corrected chi connectivity index (χ2v) is 6.94. The van der Waals surface area contributed by atoms with Crippen LogP contribution in [0.2, 0.25) is 0 Å². The van der Waals surface area contributed by atoms with Crippen molar-refractivity contribution in [3.8, 4) is 5.75 Å². The molecule has 25 heavy (non-hydrogen) atoms. The number of carbonyl (C=O) groups is 1. The summed E-state index contributed by atoms with van der Waals surface area (Å²) in [6.45, 7) is 1.24. The van der Waals surface area contributed by atoms with Crippen LogP contribution in [-0.4, -0.2) is 28.5 Å². The fourth-order valence-corrected chi connectivity index (χ4v) is 2.85. The van der Waals surface area contributed by atoms with Crippen LogP contribution < -0.4 is 14.8 Å². The highest BCUT2D eigenvalue weighted by Gasteiger charge is 2.20. The number of ether oxygens (including phenoxy) is 1. The number of benzene rings is 2. The molecule has 0 bridgehead atoms. The van der Waals surface area contributed by atoms with Crippen LogP contribution in [-0.2, 0) is 10.0 Å². The first-order valence-electron chi connectivity index (χ1n) is 7.08. The summed E-state index contributed by atoms with van der Waals surface area (Å²) in [6.07, 6.45) is 0. The fourth-order valence-electron chi connectivity index (χ4n) is 2.10. The van der Waals surface area contributed by atoms with E-state index in [0.717, 1.165) is 18.2 Å². The number of hydrogen-bond acceptors (Lipinski definition) is 4. The van der Waals surface area contributed by atoms with Crippen molar-refractivity contribution in [2.75, 3.05) is 19.5 Å². The lowest BCUT2D eigenvalue weighted by Gasteiger charge is -2.12. The Morgan fingerprint density at radius 2 is 1.84 bits per heavy atom. The number of nitrogens with one attached hydrogen (secondary N) is 2. The maximum atomic E-state index is 14.1. The highest BCUT2D eigenvalue weighted by molar-refractivity contribution is 7.89. The quantitative estimate of drug-likeness (QED) is 0.847. The summed E-state index contributed by atoms with van der Waals surface area (Å²) in [6, 6.07) is 5.78. The van der Waals surface area contributed by atoms with Gasteiger partial charge in [0.05, 0.1) is 23.3 Å². The predicted molar refractivity (Wildman–Crippen MR) is 88.3 cm³/mol. The van der Waals surface area contributed by atoms with Crippen molar-refractivity contribution < 1.29 is 26.7 Å². The van der Waals surface area contributed by atoms with Gasteiger partial charge in [-0.25, -0.2) is 21.9 Å². The molecule has 2 rings (SSSR count). The molecule has 0 radical (unpaired) electrons. The van der Waals surface area contributed by atoms with Crippen molar-refractivity contribution in [3.63, 3.8) is 0 Å². The molecule has 0 saturated carbocycles. The smallest absolute Gasteiger partial charge is 0.259 e. The average Bonchev–Trinajstić information content (AvgIpc) is 2.61. The Bertz CT molecular complexity index is 930. The van der Waals surface area contributed by atoms with Gasteiger partial charge in [-0.2, -0.15) is 0 Å². The van der Waals surface area contributed by atoms with Crippen LogP contribution in [0.1, 0.15) is 15.9 Å². The molecule has 0 atom stereocenters. The van der Waals surface area contributed by atoms with E-state index in [0.29, 0.717) is 0 Å². The number of anilines is 1. The van der Waals surface area contributed by atoms with E-state index in [-0.39, 0.29) is 27.5 Å². The Hall–Kier alpha value is -2.52. The number of hydrogen-bond donors (Lipinski definition) is 2. The van der Waals surface area contributed by atoms with Crippen LogP contribution in [0.25, 0.3) is 0 Å². The Morgan fingerprint density at radius 3 is 2.44 bits per heavy atom. The zero-order valence-corrected chi connectivity index (χ0v) is 14.5. The molecular weight excluding hydrogens is 354 g/mol. The van der Waals surface area contributed by atoms with E-state index in [1.807, 2.05) is 0 Å². The Labute approximate surface area is 143 Å². The molecule has 2 aromatic rings. The van der Waals surface area contributed by atoms with Gasteiger partial charge in [0.15, 0.2) is 5.82 Å². The molecule has 0 fully saturated rings. The van der Waals surface area contributed by atoms with Gasteiger partial charge in [-0.1, -0.05) is 0 Å². The van der Waals surface area contributed by atoms with Crippen molar-refractivity contribution in [1.29, 1.82) is 0 Å². The van der Waals surface area contributed by atoms with Gasteiger partial charge in [-0.15, -0.1) is 0 Å². The van der Waals surface area contributed by atoms with Crippen LogP contribution in [0.4, 0.5) is 14.5 Å². The van der Waals surface area contributed by atoms with Crippen LogP contribution >= 0.6 is 0 Å². The molecule has 0 aliphatic rings. The molecule has 0 aromatic heterocycles. The lowest BCUT2D eigenvalue weighted by molar-refractivity contribution is 0.102. The summed E-state index contributed by atoms with van der Waals surface area (Å²) in [5.74, 6) is -2.34. The van der Waals surface area contributed by atoms with Crippen molar-refractivity contribution in [2.45, 2.75) is 11.8 Å². The Morgan fingerprint density at radius 1 is 1.16 bits per heavy atom. The first-order valence-corrected chi connectivity index (χ1v) is 8.57. The van der Waals surface area contributed by atoms with Crippen LogP contribution in [0.5, 0.6) is 5.75 Å². The number of sulfonamides is 1. The molecular formula is C16H16F2N2O4S. The van der Waals surface area contributed by atoms with E-state index < -0.39 is 27.6 Å². The van der Waals surface area contributed by atoms with E-state index in [1.54, 1.807) is 0 Å². The van der Waals surface area contributed by atoms with Crippen molar-refractivity contribution >= 4 is 21.6 Å². The van der Waals surface area contributed by atoms with Crippen molar-refractivity contribution in [3.05, 3.63) is 53.1 Å². The third kappa shape index (κ3) is 3.77. The van der Waals surface area contributed by atoms with Gasteiger partial charge >= 0.3 is 0 Å². The highest BCUT2D eigenvalue weighted by Crippen LogP contribution is 2.25. The summed E-state index contributed by atoms with van der Waals surface area (Å²) >= 11 is 0. The van der Waals surface area contributed by atoms with Crippen LogP contribution in [0.15, 0.2) is 35.2 Å². The zero-order chi connectivity index (χ0) is 18.8. The van der Waals surface area contributed by atoms with Gasteiger partial charge in [0.25, 0.3) is 5.91 Å². The third-order valence-corrected chi connectivity index (χ3v) is 4.98. The van der Waals surface area contributed by atoms with Crippen LogP contribution in [0, 0.1) is 18.6 Å². The number of halogens is 2. The maximum Gasteiger partial charge on any atom is 0.259 e. The van der Waals surface area contributed by atoms with E-state index in [4.69, 9.17) is 4.74 Å². The van der Waals surface area contributed by atoms with Crippen molar-refractivity contribution in [2.24, 2.45) is 0 Å². The second-order valence-electron chi connectivity index (χ2n) is 5.06. The molecule has 2 aromatic carbocycles. The largest absolute Gasteiger partial charge is 0.496 e. The minimum atomic E-state index is -3.78. The zero-order valence-electron chi connectivity index (χ0n) is 13.7. The molecule has 1 amide bonds. The molecule has 134 valence electrons. The average molecular weight is 370 g/mol. The maximum absolute atomic E-state index is 14.1. The number of amides is 1. The van der Waals surface area contributed by atoms with Gasteiger partial charge < -0.3 is 10.1 Å². The monoisotopic (exact) mass is 370 g/mol. The topological polar surface area (TPSA) is 84.5 Å². The van der Waals surface area contributed by atoms with E-state index in [1.165, 1.54) is 33.2 Å². The SMILES string of the molecule is CNS(=O)(=O)c1ccc(OC)c(C(=O)Nc2ccc(F)c(C)c2F)c1. The summed E-state index contributed by atoms with van der Waals surface area (Å²) in [5, 5.41) is 2.29. The summed E-state index contributed by atoms with van der Waals surface area (Å²) in [7, 11) is -1.24. The van der Waals surface area contributed by atoms with Gasteiger partial charge in [0.2, 0.25) is 10.0 Å². The molecule has 0 unspecified atom stereocenters. The molecule has 0 saturated heterocycles. The van der Waals surface area contributed by atoms with Crippen LogP contribution in [0.3, 0.4) is 0 Å². The summed E-state index contributed by atoms with van der Waals surface area (Å²) in [5.41, 5.74) is -0.579. The van der Waals surface area contributed by atoms with Crippen molar-refractivity contribution in [1.82, 2.24) is 4.72 Å². The molecule has 0 aliphatic heterocycles. The van der Waals surface area contributed by atoms with Gasteiger partial charge in [0, 0.05) is 5.56 Å². The third-order valence-electron chi connectivity index (χ3n) is 3.56. The van der Waals surface area contributed by atoms with E-state index in [2.05, 4.69) is 10.0 Å². The fraction of sp³-hybridized carbons (Fsp3) is 0.188.